The zero-order valence-electron chi connectivity index (χ0n) is 13.4. The van der Waals surface area contributed by atoms with Crippen LogP contribution >= 0.6 is 0 Å². The molecule has 0 unspecified atom stereocenters. The van der Waals surface area contributed by atoms with Crippen LogP contribution in [0.15, 0.2) is 47.1 Å². The molecule has 1 aromatic carbocycles. The van der Waals surface area contributed by atoms with E-state index < -0.39 is 35.7 Å². The standard InChI is InChI=1S/C17H16FN3O4/c1-17(11-4-6-12(18)7-5-11)15(23)21(16(24)20-17)10-14(22)19-9-13-3-2-8-25-13/h2-8H,9-10H2,1H3,(H,19,22)(H,20,24)/t17-/m0/s1. The number of imide groups is 1. The van der Waals surface area contributed by atoms with Crippen LogP contribution in [0.5, 0.6) is 0 Å². The summed E-state index contributed by atoms with van der Waals surface area (Å²) in [7, 11) is 0. The lowest BCUT2D eigenvalue weighted by Crippen LogP contribution is -2.43. The van der Waals surface area contributed by atoms with Crippen LogP contribution in [0.4, 0.5) is 9.18 Å². The summed E-state index contributed by atoms with van der Waals surface area (Å²) >= 11 is 0. The number of rotatable bonds is 5. The van der Waals surface area contributed by atoms with Crippen LogP contribution in [-0.4, -0.2) is 29.3 Å². The molecule has 8 heteroatoms. The van der Waals surface area contributed by atoms with Gasteiger partial charge >= 0.3 is 6.03 Å². The van der Waals surface area contributed by atoms with Crippen molar-refractivity contribution in [2.24, 2.45) is 0 Å². The van der Waals surface area contributed by atoms with Gasteiger partial charge in [0.05, 0.1) is 12.8 Å². The second-order valence-corrected chi connectivity index (χ2v) is 5.81. The first-order valence-corrected chi connectivity index (χ1v) is 7.59. The average molecular weight is 345 g/mol. The van der Waals surface area contributed by atoms with Gasteiger partial charge in [0.1, 0.15) is 23.7 Å². The SMILES string of the molecule is C[C@@]1(c2ccc(F)cc2)NC(=O)N(CC(=O)NCc2ccco2)C1=O. The Labute approximate surface area is 142 Å². The molecular formula is C17H16FN3O4. The summed E-state index contributed by atoms with van der Waals surface area (Å²) in [6.07, 6.45) is 1.48. The summed E-state index contributed by atoms with van der Waals surface area (Å²) < 4.78 is 18.2. The number of benzene rings is 1. The second-order valence-electron chi connectivity index (χ2n) is 5.81. The Kier molecular flexibility index (Phi) is 4.26. The summed E-state index contributed by atoms with van der Waals surface area (Å²) in [5.74, 6) is -0.958. The fourth-order valence-electron chi connectivity index (χ4n) is 2.62. The third kappa shape index (κ3) is 3.23. The molecular weight excluding hydrogens is 329 g/mol. The molecule has 0 saturated carbocycles. The fourth-order valence-corrected chi connectivity index (χ4v) is 2.62. The molecule has 2 aromatic rings. The maximum atomic E-state index is 13.1. The Morgan fingerprint density at radius 3 is 2.64 bits per heavy atom. The van der Waals surface area contributed by atoms with Gasteiger partial charge < -0.3 is 15.1 Å². The van der Waals surface area contributed by atoms with Crippen molar-refractivity contribution in [2.75, 3.05) is 6.54 Å². The minimum Gasteiger partial charge on any atom is -0.467 e. The van der Waals surface area contributed by atoms with Crippen LogP contribution in [-0.2, 0) is 21.7 Å². The van der Waals surface area contributed by atoms with E-state index in [1.165, 1.54) is 37.5 Å². The van der Waals surface area contributed by atoms with Crippen molar-refractivity contribution in [3.63, 3.8) is 0 Å². The highest BCUT2D eigenvalue weighted by Gasteiger charge is 2.49. The zero-order valence-corrected chi connectivity index (χ0v) is 13.4. The maximum Gasteiger partial charge on any atom is 0.325 e. The van der Waals surface area contributed by atoms with Gasteiger partial charge in [-0.3, -0.25) is 14.5 Å². The van der Waals surface area contributed by atoms with E-state index in [2.05, 4.69) is 10.6 Å². The quantitative estimate of drug-likeness (QED) is 0.804. The Hall–Kier alpha value is -3.16. The van der Waals surface area contributed by atoms with Gasteiger partial charge in [0, 0.05) is 0 Å². The number of hydrogen-bond acceptors (Lipinski definition) is 4. The van der Waals surface area contributed by atoms with Crippen molar-refractivity contribution < 1.29 is 23.2 Å². The number of nitrogens with zero attached hydrogens (tertiary/aromatic N) is 1. The molecule has 1 aliphatic heterocycles. The number of carbonyl (C=O) groups excluding carboxylic acids is 3. The van der Waals surface area contributed by atoms with Crippen molar-refractivity contribution in [1.82, 2.24) is 15.5 Å². The predicted molar refractivity (Wildman–Crippen MR) is 84.6 cm³/mol. The summed E-state index contributed by atoms with van der Waals surface area (Å²) in [6, 6.07) is 7.97. The van der Waals surface area contributed by atoms with Gasteiger partial charge in [0.15, 0.2) is 0 Å². The first kappa shape index (κ1) is 16.7. The maximum absolute atomic E-state index is 13.1. The number of nitrogens with one attached hydrogen (secondary N) is 2. The van der Waals surface area contributed by atoms with Gasteiger partial charge in [0.2, 0.25) is 5.91 Å². The van der Waals surface area contributed by atoms with Crippen molar-refractivity contribution in [2.45, 2.75) is 19.0 Å². The van der Waals surface area contributed by atoms with E-state index in [0.717, 1.165) is 4.90 Å². The molecule has 0 radical (unpaired) electrons. The lowest BCUT2D eigenvalue weighted by Gasteiger charge is -2.22. The second kappa shape index (κ2) is 6.39. The smallest absolute Gasteiger partial charge is 0.325 e. The number of carbonyl (C=O) groups is 3. The molecule has 1 aliphatic rings. The Bertz CT molecular complexity index is 804. The average Bonchev–Trinajstić information content (AvgIpc) is 3.17. The highest BCUT2D eigenvalue weighted by atomic mass is 19.1. The van der Waals surface area contributed by atoms with Crippen molar-refractivity contribution >= 4 is 17.8 Å². The van der Waals surface area contributed by atoms with Crippen LogP contribution in [0.2, 0.25) is 0 Å². The molecule has 1 saturated heterocycles. The number of urea groups is 1. The van der Waals surface area contributed by atoms with E-state index in [0.29, 0.717) is 11.3 Å². The van der Waals surface area contributed by atoms with E-state index in [-0.39, 0.29) is 6.54 Å². The van der Waals surface area contributed by atoms with Gasteiger partial charge in [-0.15, -0.1) is 0 Å². The van der Waals surface area contributed by atoms with Crippen LogP contribution in [0.1, 0.15) is 18.2 Å². The fraction of sp³-hybridized carbons (Fsp3) is 0.235. The Morgan fingerprint density at radius 2 is 2.00 bits per heavy atom. The van der Waals surface area contributed by atoms with E-state index in [9.17, 15) is 18.8 Å². The molecule has 4 amide bonds. The zero-order chi connectivity index (χ0) is 18.0. The summed E-state index contributed by atoms with van der Waals surface area (Å²) in [5, 5.41) is 5.13. The minimum absolute atomic E-state index is 0.157. The third-order valence-electron chi connectivity index (χ3n) is 4.04. The van der Waals surface area contributed by atoms with Gasteiger partial charge in [0.25, 0.3) is 5.91 Å². The first-order chi connectivity index (χ1) is 11.9. The van der Waals surface area contributed by atoms with Gasteiger partial charge in [-0.2, -0.15) is 0 Å². The van der Waals surface area contributed by atoms with E-state index in [4.69, 9.17) is 4.42 Å². The van der Waals surface area contributed by atoms with Crippen LogP contribution in [0.25, 0.3) is 0 Å². The van der Waals surface area contributed by atoms with Crippen molar-refractivity contribution in [3.8, 4) is 0 Å². The van der Waals surface area contributed by atoms with E-state index in [1.54, 1.807) is 12.1 Å². The first-order valence-electron chi connectivity index (χ1n) is 7.59. The lowest BCUT2D eigenvalue weighted by molar-refractivity contribution is -0.134. The Morgan fingerprint density at radius 1 is 1.28 bits per heavy atom. The summed E-state index contributed by atoms with van der Waals surface area (Å²) in [4.78, 5) is 37.6. The summed E-state index contributed by atoms with van der Waals surface area (Å²) in [6.45, 7) is 1.26. The topological polar surface area (TPSA) is 91.7 Å². The van der Waals surface area contributed by atoms with E-state index in [1.807, 2.05) is 0 Å². The molecule has 7 nitrogen and oxygen atoms in total. The minimum atomic E-state index is -1.34. The number of furan rings is 1. The highest BCUT2D eigenvalue weighted by molar-refractivity contribution is 6.09. The van der Waals surface area contributed by atoms with Gasteiger partial charge in [-0.1, -0.05) is 12.1 Å². The van der Waals surface area contributed by atoms with E-state index >= 15 is 0 Å². The molecule has 3 rings (SSSR count). The van der Waals surface area contributed by atoms with Crippen LogP contribution in [0.3, 0.4) is 0 Å². The third-order valence-corrected chi connectivity index (χ3v) is 4.04. The van der Waals surface area contributed by atoms with Crippen LogP contribution < -0.4 is 10.6 Å². The normalized spacial score (nSPS) is 19.8. The number of halogens is 1. The lowest BCUT2D eigenvalue weighted by atomic mass is 9.92. The molecule has 25 heavy (non-hydrogen) atoms. The predicted octanol–water partition coefficient (Wildman–Crippen LogP) is 1.50. The molecule has 130 valence electrons. The highest BCUT2D eigenvalue weighted by Crippen LogP contribution is 2.28. The molecule has 1 atom stereocenters. The van der Waals surface area contributed by atoms with Crippen LogP contribution in [0, 0.1) is 5.82 Å². The molecule has 0 spiro atoms. The Balaban J connectivity index is 1.68. The number of hydrogen-bond donors (Lipinski definition) is 2. The summed E-state index contributed by atoms with van der Waals surface area (Å²) in [5.41, 5.74) is -0.905. The molecule has 0 bridgehead atoms. The molecule has 0 aliphatic carbocycles. The molecule has 2 N–H and O–H groups in total. The number of amides is 4. The largest absolute Gasteiger partial charge is 0.467 e. The molecule has 1 aromatic heterocycles. The molecule has 1 fully saturated rings. The monoisotopic (exact) mass is 345 g/mol. The van der Waals surface area contributed by atoms with Crippen molar-refractivity contribution in [3.05, 3.63) is 59.8 Å². The van der Waals surface area contributed by atoms with Gasteiger partial charge in [-0.25, -0.2) is 9.18 Å². The van der Waals surface area contributed by atoms with Crippen molar-refractivity contribution in [1.29, 1.82) is 0 Å². The van der Waals surface area contributed by atoms with Gasteiger partial charge in [-0.05, 0) is 36.8 Å². The molecule has 2 heterocycles.